The average molecular weight is 407 g/mol. The van der Waals surface area contributed by atoms with E-state index in [0.29, 0.717) is 6.42 Å². The molecule has 1 heteroatoms. The first kappa shape index (κ1) is 21.6. The van der Waals surface area contributed by atoms with E-state index in [1.54, 1.807) is 0 Å². The maximum Gasteiger partial charge on any atom is 0.0897 e. The molecule has 0 atom stereocenters. The Hall–Kier alpha value is -1.63. The topological polar surface area (TPSA) is 0 Å². The molecule has 0 aromatic heterocycles. The van der Waals surface area contributed by atoms with Crippen molar-refractivity contribution in [2.24, 2.45) is 17.8 Å². The number of benzene rings is 2. The second-order valence-electron chi connectivity index (χ2n) is 9.91. The van der Waals surface area contributed by atoms with Crippen LogP contribution in [0, 0.1) is 17.8 Å². The molecular formula is C29H39F. The Labute approximate surface area is 183 Å². The first-order chi connectivity index (χ1) is 14.8. The Morgan fingerprint density at radius 3 is 1.77 bits per heavy atom. The quantitative estimate of drug-likeness (QED) is 0.431. The van der Waals surface area contributed by atoms with Crippen molar-refractivity contribution < 1.29 is 4.39 Å². The molecule has 2 aliphatic carbocycles. The smallest absolute Gasteiger partial charge is 0.0897 e. The number of alkyl halides is 1. The zero-order valence-corrected chi connectivity index (χ0v) is 18.8. The van der Waals surface area contributed by atoms with Crippen molar-refractivity contribution in [2.75, 3.05) is 6.67 Å². The first-order valence-electron chi connectivity index (χ1n) is 12.5. The highest BCUT2D eigenvalue weighted by atomic mass is 19.1. The van der Waals surface area contributed by atoms with Crippen molar-refractivity contribution in [3.63, 3.8) is 0 Å². The maximum atomic E-state index is 12.4. The SMILES string of the molecule is CC[C@H]1CC[C@H](C2CCC(c3ccc(-c4ccc(CCCF)cc4)cc3)CC2)CC1. The summed E-state index contributed by atoms with van der Waals surface area (Å²) in [6.07, 6.45) is 14.4. The fraction of sp³-hybridized carbons (Fsp3) is 0.586. The van der Waals surface area contributed by atoms with Gasteiger partial charge in [0.1, 0.15) is 0 Å². The second-order valence-corrected chi connectivity index (χ2v) is 9.91. The number of rotatable bonds is 7. The largest absolute Gasteiger partial charge is 0.251 e. The minimum Gasteiger partial charge on any atom is -0.251 e. The van der Waals surface area contributed by atoms with Gasteiger partial charge in [0.25, 0.3) is 0 Å². The predicted octanol–water partition coefficient (Wildman–Crippen LogP) is 8.75. The van der Waals surface area contributed by atoms with Crippen molar-refractivity contribution >= 4 is 0 Å². The molecule has 0 radical (unpaired) electrons. The Kier molecular flexibility index (Phi) is 7.63. The van der Waals surface area contributed by atoms with Gasteiger partial charge in [-0.3, -0.25) is 4.39 Å². The van der Waals surface area contributed by atoms with Crippen molar-refractivity contribution in [3.8, 4) is 11.1 Å². The highest BCUT2D eigenvalue weighted by molar-refractivity contribution is 5.64. The molecule has 0 amide bonds. The van der Waals surface area contributed by atoms with E-state index in [1.165, 1.54) is 80.0 Å². The van der Waals surface area contributed by atoms with E-state index in [1.807, 2.05) is 0 Å². The molecule has 2 aromatic carbocycles. The molecule has 0 unspecified atom stereocenters. The summed E-state index contributed by atoms with van der Waals surface area (Å²) >= 11 is 0. The van der Waals surface area contributed by atoms with Crippen molar-refractivity contribution in [1.29, 1.82) is 0 Å². The molecule has 30 heavy (non-hydrogen) atoms. The number of hydrogen-bond donors (Lipinski definition) is 0. The standard InChI is InChI=1S/C29H39F/c1-2-22-5-9-24(10-6-22)26-13-17-28(18-14-26)29-19-15-27(16-20-29)25-11-7-23(8-12-25)4-3-21-30/h7-8,11-12,15-16,19-20,22,24,26,28H,2-6,9-10,13-14,17-18,21H2,1H3/t22-,24-,26?,28?. The molecule has 2 aliphatic rings. The Bertz CT molecular complexity index is 744. The van der Waals surface area contributed by atoms with Crippen LogP contribution < -0.4 is 0 Å². The van der Waals surface area contributed by atoms with E-state index in [4.69, 9.17) is 0 Å². The van der Waals surface area contributed by atoms with E-state index >= 15 is 0 Å². The summed E-state index contributed by atoms with van der Waals surface area (Å²) in [5, 5.41) is 0. The van der Waals surface area contributed by atoms with Crippen LogP contribution in [0.3, 0.4) is 0 Å². The van der Waals surface area contributed by atoms with Gasteiger partial charge in [0.15, 0.2) is 0 Å². The van der Waals surface area contributed by atoms with Gasteiger partial charge < -0.3 is 0 Å². The lowest BCUT2D eigenvalue weighted by molar-refractivity contribution is 0.158. The number of halogens is 1. The van der Waals surface area contributed by atoms with Crippen LogP contribution >= 0.6 is 0 Å². The summed E-state index contributed by atoms with van der Waals surface area (Å²) in [5.41, 5.74) is 5.31. The van der Waals surface area contributed by atoms with Gasteiger partial charge in [-0.1, -0.05) is 74.7 Å². The maximum absolute atomic E-state index is 12.4. The zero-order chi connectivity index (χ0) is 20.8. The molecule has 0 bridgehead atoms. The third-order valence-corrected chi connectivity index (χ3v) is 8.18. The Morgan fingerprint density at radius 2 is 1.23 bits per heavy atom. The van der Waals surface area contributed by atoms with Gasteiger partial charge >= 0.3 is 0 Å². The molecule has 0 saturated heterocycles. The van der Waals surface area contributed by atoms with Crippen molar-refractivity contribution in [1.82, 2.24) is 0 Å². The van der Waals surface area contributed by atoms with Crippen molar-refractivity contribution in [3.05, 3.63) is 59.7 Å². The molecule has 4 rings (SSSR count). The molecule has 0 aliphatic heterocycles. The molecule has 2 aromatic rings. The molecule has 2 saturated carbocycles. The minimum atomic E-state index is -0.231. The lowest BCUT2D eigenvalue weighted by Gasteiger charge is -2.38. The van der Waals surface area contributed by atoms with Crippen LogP contribution in [0.25, 0.3) is 11.1 Å². The van der Waals surface area contributed by atoms with Crippen LogP contribution in [0.1, 0.15) is 88.2 Å². The van der Waals surface area contributed by atoms with Crippen LogP contribution in [0.5, 0.6) is 0 Å². The fourth-order valence-electron chi connectivity index (χ4n) is 6.07. The third kappa shape index (κ3) is 5.34. The van der Waals surface area contributed by atoms with Gasteiger partial charge in [0.05, 0.1) is 6.67 Å². The highest BCUT2D eigenvalue weighted by Gasteiger charge is 2.30. The van der Waals surface area contributed by atoms with Crippen LogP contribution in [-0.2, 0) is 6.42 Å². The number of hydrogen-bond acceptors (Lipinski definition) is 0. The van der Waals surface area contributed by atoms with E-state index < -0.39 is 0 Å². The summed E-state index contributed by atoms with van der Waals surface area (Å²) < 4.78 is 12.4. The van der Waals surface area contributed by atoms with Gasteiger partial charge in [-0.15, -0.1) is 0 Å². The first-order valence-corrected chi connectivity index (χ1v) is 12.5. The summed E-state index contributed by atoms with van der Waals surface area (Å²) in [5.74, 6) is 3.78. The Balaban J connectivity index is 1.30. The predicted molar refractivity (Wildman–Crippen MR) is 127 cm³/mol. The zero-order valence-electron chi connectivity index (χ0n) is 18.8. The minimum absolute atomic E-state index is 0.231. The lowest BCUT2D eigenvalue weighted by atomic mass is 9.68. The van der Waals surface area contributed by atoms with Gasteiger partial charge in [0, 0.05) is 0 Å². The molecule has 0 nitrogen and oxygen atoms in total. The van der Waals surface area contributed by atoms with Crippen LogP contribution in [0.2, 0.25) is 0 Å². The molecule has 0 N–H and O–H groups in total. The van der Waals surface area contributed by atoms with Crippen LogP contribution in [0.15, 0.2) is 48.5 Å². The summed E-state index contributed by atoms with van der Waals surface area (Å²) in [7, 11) is 0. The second kappa shape index (κ2) is 10.6. The molecule has 2 fully saturated rings. The number of aryl methyl sites for hydroxylation is 1. The summed E-state index contributed by atoms with van der Waals surface area (Å²) in [6.45, 7) is 2.14. The fourth-order valence-corrected chi connectivity index (χ4v) is 6.07. The summed E-state index contributed by atoms with van der Waals surface area (Å²) in [6, 6.07) is 18.0. The monoisotopic (exact) mass is 406 g/mol. The normalized spacial score (nSPS) is 27.1. The van der Waals surface area contributed by atoms with E-state index in [-0.39, 0.29) is 6.67 Å². The van der Waals surface area contributed by atoms with Gasteiger partial charge in [0.2, 0.25) is 0 Å². The summed E-state index contributed by atoms with van der Waals surface area (Å²) in [4.78, 5) is 0. The van der Waals surface area contributed by atoms with Gasteiger partial charge in [-0.05, 0) is 97.3 Å². The molecule has 0 heterocycles. The van der Waals surface area contributed by atoms with Gasteiger partial charge in [-0.2, -0.15) is 0 Å². The average Bonchev–Trinajstić information content (AvgIpc) is 2.83. The van der Waals surface area contributed by atoms with Crippen molar-refractivity contribution in [2.45, 2.75) is 83.5 Å². The highest BCUT2D eigenvalue weighted by Crippen LogP contribution is 2.44. The molecule has 162 valence electrons. The van der Waals surface area contributed by atoms with E-state index in [0.717, 1.165) is 30.1 Å². The van der Waals surface area contributed by atoms with E-state index in [9.17, 15) is 4.39 Å². The van der Waals surface area contributed by atoms with E-state index in [2.05, 4.69) is 55.5 Å². The van der Waals surface area contributed by atoms with Crippen LogP contribution in [0.4, 0.5) is 4.39 Å². The van der Waals surface area contributed by atoms with Crippen LogP contribution in [-0.4, -0.2) is 6.67 Å². The lowest BCUT2D eigenvalue weighted by Crippen LogP contribution is -2.25. The molecule has 0 spiro atoms. The third-order valence-electron chi connectivity index (χ3n) is 8.18. The molecular weight excluding hydrogens is 367 g/mol. The Morgan fingerprint density at radius 1 is 0.700 bits per heavy atom. The van der Waals surface area contributed by atoms with Gasteiger partial charge in [-0.25, -0.2) is 0 Å².